The number of pyridine rings is 1. The maximum atomic E-state index is 11.5. The van der Waals surface area contributed by atoms with Crippen LogP contribution in [0.3, 0.4) is 0 Å². The van der Waals surface area contributed by atoms with Crippen LogP contribution in [0.5, 0.6) is 5.75 Å². The minimum Gasteiger partial charge on any atom is -0.489 e. The summed E-state index contributed by atoms with van der Waals surface area (Å²) < 4.78 is 13.6. The van der Waals surface area contributed by atoms with Crippen LogP contribution in [0.4, 0.5) is 0 Å². The monoisotopic (exact) mass is 471 g/mol. The number of fused-ring (bicyclic) bond motifs is 1. The van der Waals surface area contributed by atoms with Crippen LogP contribution in [-0.4, -0.2) is 27.8 Å². The Kier molecular flexibility index (Phi) is 6.37. The van der Waals surface area contributed by atoms with E-state index in [0.717, 1.165) is 32.5 Å². The van der Waals surface area contributed by atoms with Crippen molar-refractivity contribution in [3.05, 3.63) is 52.3 Å². The van der Waals surface area contributed by atoms with Crippen LogP contribution in [0.25, 0.3) is 11.0 Å². The second kappa shape index (κ2) is 9.16. The van der Waals surface area contributed by atoms with E-state index >= 15 is 0 Å². The maximum Gasteiger partial charge on any atom is 0.306 e. The maximum absolute atomic E-state index is 11.5. The van der Waals surface area contributed by atoms with Gasteiger partial charge in [0, 0.05) is 11.8 Å². The Morgan fingerprint density at radius 1 is 1.27 bits per heavy atom. The molecule has 2 heterocycles. The SMILES string of the molecule is COC(=O)CC(C)c1ccc(OCc2cnc3c(Br)nn(C4CCCC4)c3c2)cc1. The fourth-order valence-corrected chi connectivity index (χ4v) is 4.52. The number of benzene rings is 1. The second-order valence-corrected chi connectivity index (χ2v) is 8.68. The molecule has 1 aliphatic carbocycles. The number of carbonyl (C=O) groups excluding carboxylic acids is 1. The molecule has 1 aliphatic rings. The van der Waals surface area contributed by atoms with Gasteiger partial charge in [-0.25, -0.2) is 0 Å². The third-order valence-corrected chi connectivity index (χ3v) is 6.32. The van der Waals surface area contributed by atoms with E-state index in [0.29, 0.717) is 19.1 Å². The zero-order valence-corrected chi connectivity index (χ0v) is 18.9. The highest BCUT2D eigenvalue weighted by atomic mass is 79.9. The van der Waals surface area contributed by atoms with Crippen molar-refractivity contribution >= 4 is 32.9 Å². The summed E-state index contributed by atoms with van der Waals surface area (Å²) in [5, 5.41) is 4.68. The van der Waals surface area contributed by atoms with Crippen LogP contribution in [0.15, 0.2) is 41.1 Å². The summed E-state index contributed by atoms with van der Waals surface area (Å²) in [6.45, 7) is 2.45. The number of esters is 1. The summed E-state index contributed by atoms with van der Waals surface area (Å²) >= 11 is 3.55. The lowest BCUT2D eigenvalue weighted by molar-refractivity contribution is -0.140. The van der Waals surface area contributed by atoms with Gasteiger partial charge < -0.3 is 9.47 Å². The lowest BCUT2D eigenvalue weighted by atomic mass is 9.98. The van der Waals surface area contributed by atoms with Gasteiger partial charge in [-0.05, 0) is 58.5 Å². The molecule has 0 N–H and O–H groups in total. The van der Waals surface area contributed by atoms with Crippen LogP contribution < -0.4 is 4.74 Å². The Labute approximate surface area is 184 Å². The number of rotatable bonds is 7. The molecule has 1 saturated carbocycles. The highest BCUT2D eigenvalue weighted by Crippen LogP contribution is 2.34. The zero-order chi connectivity index (χ0) is 21.1. The van der Waals surface area contributed by atoms with Crippen molar-refractivity contribution in [1.82, 2.24) is 14.8 Å². The molecule has 0 bridgehead atoms. The minimum absolute atomic E-state index is 0.104. The Bertz CT molecular complexity index is 1030. The van der Waals surface area contributed by atoms with Crippen LogP contribution in [0.1, 0.15) is 62.1 Å². The van der Waals surface area contributed by atoms with E-state index in [1.165, 1.54) is 32.8 Å². The minimum atomic E-state index is -0.200. The van der Waals surface area contributed by atoms with Gasteiger partial charge in [-0.1, -0.05) is 31.9 Å². The Morgan fingerprint density at radius 2 is 2.00 bits per heavy atom. The third-order valence-electron chi connectivity index (χ3n) is 5.79. The van der Waals surface area contributed by atoms with E-state index in [1.54, 1.807) is 0 Å². The predicted octanol–water partition coefficient (Wildman–Crippen LogP) is 5.55. The highest BCUT2D eigenvalue weighted by molar-refractivity contribution is 9.10. The summed E-state index contributed by atoms with van der Waals surface area (Å²) in [5.41, 5.74) is 4.05. The fourth-order valence-electron chi connectivity index (χ4n) is 4.04. The van der Waals surface area contributed by atoms with Gasteiger partial charge >= 0.3 is 5.97 Å². The molecular weight excluding hydrogens is 446 g/mol. The number of methoxy groups -OCH3 is 1. The van der Waals surface area contributed by atoms with Crippen molar-refractivity contribution < 1.29 is 14.3 Å². The molecule has 0 aliphatic heterocycles. The van der Waals surface area contributed by atoms with Gasteiger partial charge in [-0.3, -0.25) is 14.5 Å². The molecule has 0 amide bonds. The van der Waals surface area contributed by atoms with Crippen LogP contribution in [0, 0.1) is 0 Å². The summed E-state index contributed by atoms with van der Waals surface area (Å²) in [6, 6.07) is 10.5. The van der Waals surface area contributed by atoms with E-state index < -0.39 is 0 Å². The lowest BCUT2D eigenvalue weighted by Crippen LogP contribution is -2.07. The number of nitrogens with zero attached hydrogens (tertiary/aromatic N) is 3. The van der Waals surface area contributed by atoms with Crippen LogP contribution in [0.2, 0.25) is 0 Å². The summed E-state index contributed by atoms with van der Waals surface area (Å²) in [4.78, 5) is 16.1. The lowest BCUT2D eigenvalue weighted by Gasteiger charge is -2.13. The molecule has 0 spiro atoms. The molecule has 7 heteroatoms. The molecule has 3 aromatic rings. The number of carbonyl (C=O) groups is 1. The highest BCUT2D eigenvalue weighted by Gasteiger charge is 2.22. The summed E-state index contributed by atoms with van der Waals surface area (Å²) in [7, 11) is 1.41. The third kappa shape index (κ3) is 4.51. The first-order valence-electron chi connectivity index (χ1n) is 10.4. The topological polar surface area (TPSA) is 66.2 Å². The quantitative estimate of drug-likeness (QED) is 0.422. The fraction of sp³-hybridized carbons (Fsp3) is 0.435. The molecule has 4 rings (SSSR count). The standard InChI is InChI=1S/C23H26BrN3O3/c1-15(11-21(28)29-2)17-7-9-19(10-8-17)30-14-16-12-20-22(25-13-16)23(24)26-27(20)18-5-3-4-6-18/h7-10,12-13,15,18H,3-6,11,14H2,1-2H3. The van der Waals surface area contributed by atoms with E-state index in [4.69, 9.17) is 9.47 Å². The Balaban J connectivity index is 1.44. The van der Waals surface area contributed by atoms with Gasteiger partial charge in [0.25, 0.3) is 0 Å². The normalized spacial score (nSPS) is 15.4. The van der Waals surface area contributed by atoms with Gasteiger partial charge in [0.2, 0.25) is 0 Å². The smallest absolute Gasteiger partial charge is 0.306 e. The first-order valence-corrected chi connectivity index (χ1v) is 11.2. The largest absolute Gasteiger partial charge is 0.489 e. The van der Waals surface area contributed by atoms with Crippen molar-refractivity contribution in [3.8, 4) is 5.75 Å². The second-order valence-electron chi connectivity index (χ2n) is 7.92. The van der Waals surface area contributed by atoms with Gasteiger partial charge in [0.15, 0.2) is 4.60 Å². The molecule has 6 nitrogen and oxygen atoms in total. The number of hydrogen-bond donors (Lipinski definition) is 0. The number of hydrogen-bond acceptors (Lipinski definition) is 5. The number of aromatic nitrogens is 3. The first kappa shape index (κ1) is 20.8. The molecule has 1 fully saturated rings. The molecule has 158 valence electrons. The zero-order valence-electron chi connectivity index (χ0n) is 17.3. The molecule has 0 radical (unpaired) electrons. The Morgan fingerprint density at radius 3 is 2.70 bits per heavy atom. The van der Waals surface area contributed by atoms with E-state index in [9.17, 15) is 4.79 Å². The van der Waals surface area contributed by atoms with Gasteiger partial charge in [-0.2, -0.15) is 5.10 Å². The van der Waals surface area contributed by atoms with Crippen molar-refractivity contribution in [3.63, 3.8) is 0 Å². The average Bonchev–Trinajstić information content (AvgIpc) is 3.40. The molecule has 2 aromatic heterocycles. The van der Waals surface area contributed by atoms with Gasteiger partial charge in [-0.15, -0.1) is 0 Å². The molecule has 1 aromatic carbocycles. The first-order chi connectivity index (χ1) is 14.5. The molecular formula is C23H26BrN3O3. The van der Waals surface area contributed by atoms with Gasteiger partial charge in [0.1, 0.15) is 17.9 Å². The average molecular weight is 472 g/mol. The van der Waals surface area contributed by atoms with Crippen molar-refractivity contribution in [2.75, 3.05) is 7.11 Å². The summed E-state index contributed by atoms with van der Waals surface area (Å²) in [5.74, 6) is 0.691. The molecule has 30 heavy (non-hydrogen) atoms. The Hall–Kier alpha value is -2.41. The molecule has 0 saturated heterocycles. The van der Waals surface area contributed by atoms with Gasteiger partial charge in [0.05, 0.1) is 25.1 Å². The van der Waals surface area contributed by atoms with Crippen molar-refractivity contribution in [1.29, 1.82) is 0 Å². The molecule has 1 atom stereocenters. The van der Waals surface area contributed by atoms with Crippen LogP contribution in [-0.2, 0) is 16.1 Å². The van der Waals surface area contributed by atoms with Crippen molar-refractivity contribution in [2.45, 2.75) is 57.6 Å². The number of halogens is 1. The predicted molar refractivity (Wildman–Crippen MR) is 119 cm³/mol. The van der Waals surface area contributed by atoms with Crippen LogP contribution >= 0.6 is 15.9 Å². The van der Waals surface area contributed by atoms with Crippen molar-refractivity contribution in [2.24, 2.45) is 0 Å². The van der Waals surface area contributed by atoms with E-state index in [2.05, 4.69) is 36.8 Å². The van der Waals surface area contributed by atoms with E-state index in [-0.39, 0.29) is 11.9 Å². The summed E-state index contributed by atoms with van der Waals surface area (Å²) in [6.07, 6.45) is 7.07. The van der Waals surface area contributed by atoms with E-state index in [1.807, 2.05) is 37.4 Å². The number of ether oxygens (including phenoxy) is 2. The molecule has 1 unspecified atom stereocenters.